The monoisotopic (exact) mass is 252 g/mol. The average Bonchev–Trinajstić information content (AvgIpc) is 2.65. The van der Waals surface area contributed by atoms with Crippen LogP contribution in [0.25, 0.3) is 10.2 Å². The minimum atomic E-state index is -0.314. The van der Waals surface area contributed by atoms with Crippen molar-refractivity contribution in [2.75, 3.05) is 6.61 Å². The Hall–Kier alpha value is -1.20. The largest absolute Gasteiger partial charge is 0.396 e. The second-order valence-corrected chi connectivity index (χ2v) is 5.98. The van der Waals surface area contributed by atoms with Gasteiger partial charge in [-0.3, -0.25) is 9.36 Å². The summed E-state index contributed by atoms with van der Waals surface area (Å²) in [6.45, 7) is 6.31. The van der Waals surface area contributed by atoms with E-state index in [1.807, 2.05) is 26.2 Å². The van der Waals surface area contributed by atoms with Crippen LogP contribution in [0.5, 0.6) is 0 Å². The molecule has 0 bridgehead atoms. The molecule has 0 fully saturated rings. The zero-order valence-corrected chi connectivity index (χ0v) is 11.0. The van der Waals surface area contributed by atoms with Crippen molar-refractivity contribution in [3.05, 3.63) is 27.6 Å². The number of nitrogens with zero attached hydrogens (tertiary/aromatic N) is 2. The predicted molar refractivity (Wildman–Crippen MR) is 69.5 cm³/mol. The third kappa shape index (κ3) is 2.25. The molecule has 0 aromatic carbocycles. The lowest BCUT2D eigenvalue weighted by Gasteiger charge is -2.22. The summed E-state index contributed by atoms with van der Waals surface area (Å²) in [7, 11) is 0. The Kier molecular flexibility index (Phi) is 3.05. The van der Waals surface area contributed by atoms with Gasteiger partial charge in [0.25, 0.3) is 5.56 Å². The van der Waals surface area contributed by atoms with Gasteiger partial charge in [0.15, 0.2) is 0 Å². The van der Waals surface area contributed by atoms with Crippen molar-refractivity contribution < 1.29 is 5.11 Å². The summed E-state index contributed by atoms with van der Waals surface area (Å²) in [5.41, 5.74) is 1.49. The van der Waals surface area contributed by atoms with Crippen LogP contribution in [0.3, 0.4) is 0 Å². The van der Waals surface area contributed by atoms with Gasteiger partial charge in [0.1, 0.15) is 4.70 Å². The van der Waals surface area contributed by atoms with E-state index in [0.717, 1.165) is 11.1 Å². The molecule has 4 nitrogen and oxygen atoms in total. The highest BCUT2D eigenvalue weighted by atomic mass is 32.1. The van der Waals surface area contributed by atoms with Crippen molar-refractivity contribution >= 4 is 21.6 Å². The summed E-state index contributed by atoms with van der Waals surface area (Å²) in [6, 6.07) is 0. The van der Waals surface area contributed by atoms with Gasteiger partial charge in [-0.25, -0.2) is 4.98 Å². The Morgan fingerprint density at radius 2 is 2.24 bits per heavy atom. The van der Waals surface area contributed by atoms with Gasteiger partial charge in [-0.2, -0.15) is 0 Å². The van der Waals surface area contributed by atoms with E-state index in [4.69, 9.17) is 0 Å². The van der Waals surface area contributed by atoms with Gasteiger partial charge in [0.05, 0.1) is 11.8 Å². The molecular formula is C12H16N2O2S. The number of thiophene rings is 1. The van der Waals surface area contributed by atoms with Gasteiger partial charge in [-0.1, -0.05) is 13.8 Å². The van der Waals surface area contributed by atoms with E-state index in [9.17, 15) is 9.90 Å². The molecule has 0 saturated heterocycles. The summed E-state index contributed by atoms with van der Waals surface area (Å²) < 4.78 is 2.27. The molecule has 0 aliphatic rings. The Balaban J connectivity index is 2.50. The topological polar surface area (TPSA) is 55.1 Å². The second kappa shape index (κ2) is 4.23. The Bertz CT molecular complexity index is 598. The van der Waals surface area contributed by atoms with Crippen LogP contribution in [0, 0.1) is 12.3 Å². The fourth-order valence-corrected chi connectivity index (χ4v) is 2.63. The van der Waals surface area contributed by atoms with Crippen molar-refractivity contribution in [2.24, 2.45) is 5.41 Å². The van der Waals surface area contributed by atoms with E-state index < -0.39 is 0 Å². The van der Waals surface area contributed by atoms with Crippen molar-refractivity contribution in [2.45, 2.75) is 27.3 Å². The van der Waals surface area contributed by atoms with Gasteiger partial charge in [-0.05, 0) is 17.9 Å². The first-order valence-corrected chi connectivity index (χ1v) is 6.37. The van der Waals surface area contributed by atoms with Gasteiger partial charge in [0.2, 0.25) is 0 Å². The van der Waals surface area contributed by atoms with Crippen molar-refractivity contribution in [1.82, 2.24) is 9.55 Å². The maximum absolute atomic E-state index is 12.2. The molecule has 0 amide bonds. The molecule has 0 spiro atoms. The standard InChI is InChI=1S/C12H16N2O2S/c1-8-4-17-10-9(8)13-7-14(11(10)16)5-12(2,3)6-15/h4,7,15H,5-6H2,1-3H3. The maximum Gasteiger partial charge on any atom is 0.271 e. The number of rotatable bonds is 3. The molecule has 0 aliphatic heterocycles. The number of hydrogen-bond donors (Lipinski definition) is 1. The van der Waals surface area contributed by atoms with Crippen molar-refractivity contribution in [3.63, 3.8) is 0 Å². The SMILES string of the molecule is Cc1csc2c(=O)n(CC(C)(C)CO)cnc12. The summed E-state index contributed by atoms with van der Waals surface area (Å²) in [5.74, 6) is 0. The molecule has 2 rings (SSSR count). The lowest BCUT2D eigenvalue weighted by atomic mass is 9.95. The van der Waals surface area contributed by atoms with Crippen LogP contribution in [-0.2, 0) is 6.54 Å². The molecular weight excluding hydrogens is 236 g/mol. The van der Waals surface area contributed by atoms with E-state index in [1.54, 1.807) is 10.9 Å². The molecule has 0 atom stereocenters. The third-order valence-electron chi connectivity index (χ3n) is 2.75. The van der Waals surface area contributed by atoms with Crippen LogP contribution >= 0.6 is 11.3 Å². The van der Waals surface area contributed by atoms with Crippen LogP contribution in [0.1, 0.15) is 19.4 Å². The molecule has 0 aliphatic carbocycles. The zero-order valence-electron chi connectivity index (χ0n) is 10.2. The number of aliphatic hydroxyl groups is 1. The summed E-state index contributed by atoms with van der Waals surface area (Å²) in [6.07, 6.45) is 1.57. The summed E-state index contributed by atoms with van der Waals surface area (Å²) in [5, 5.41) is 11.2. The number of aliphatic hydroxyl groups excluding tert-OH is 1. The first-order chi connectivity index (χ1) is 7.94. The number of aryl methyl sites for hydroxylation is 1. The molecule has 2 aromatic heterocycles. The van der Waals surface area contributed by atoms with Gasteiger partial charge < -0.3 is 5.11 Å². The second-order valence-electron chi connectivity index (χ2n) is 5.10. The Morgan fingerprint density at radius 3 is 2.88 bits per heavy atom. The highest BCUT2D eigenvalue weighted by Crippen LogP contribution is 2.21. The lowest BCUT2D eigenvalue weighted by molar-refractivity contribution is 0.139. The van der Waals surface area contributed by atoms with Crippen LogP contribution in [0.4, 0.5) is 0 Å². The van der Waals surface area contributed by atoms with Crippen LogP contribution in [0.2, 0.25) is 0 Å². The predicted octanol–water partition coefficient (Wildman–Crippen LogP) is 1.78. The van der Waals surface area contributed by atoms with E-state index in [2.05, 4.69) is 4.98 Å². The van der Waals surface area contributed by atoms with E-state index in [0.29, 0.717) is 11.2 Å². The Morgan fingerprint density at radius 1 is 1.53 bits per heavy atom. The molecule has 0 unspecified atom stereocenters. The molecule has 0 radical (unpaired) electrons. The lowest BCUT2D eigenvalue weighted by Crippen LogP contribution is -2.30. The number of fused-ring (bicyclic) bond motifs is 1. The molecule has 5 heteroatoms. The first-order valence-electron chi connectivity index (χ1n) is 5.49. The van der Waals surface area contributed by atoms with Crippen LogP contribution < -0.4 is 5.56 Å². The molecule has 0 saturated carbocycles. The minimum absolute atomic E-state index is 0.0189. The fraction of sp³-hybridized carbons (Fsp3) is 0.500. The van der Waals surface area contributed by atoms with E-state index in [-0.39, 0.29) is 17.6 Å². The maximum atomic E-state index is 12.2. The van der Waals surface area contributed by atoms with Crippen molar-refractivity contribution in [1.29, 1.82) is 0 Å². The van der Waals surface area contributed by atoms with Gasteiger partial charge in [-0.15, -0.1) is 11.3 Å². The molecule has 92 valence electrons. The molecule has 17 heavy (non-hydrogen) atoms. The highest BCUT2D eigenvalue weighted by Gasteiger charge is 2.19. The van der Waals surface area contributed by atoms with Crippen LogP contribution in [0.15, 0.2) is 16.5 Å². The Labute approximate surface area is 104 Å². The van der Waals surface area contributed by atoms with E-state index in [1.165, 1.54) is 11.3 Å². The van der Waals surface area contributed by atoms with Gasteiger partial charge in [0, 0.05) is 18.6 Å². The van der Waals surface area contributed by atoms with Crippen molar-refractivity contribution in [3.8, 4) is 0 Å². The summed E-state index contributed by atoms with van der Waals surface area (Å²) >= 11 is 1.43. The average molecular weight is 252 g/mol. The zero-order chi connectivity index (χ0) is 12.6. The highest BCUT2D eigenvalue weighted by molar-refractivity contribution is 7.17. The quantitative estimate of drug-likeness (QED) is 0.906. The normalized spacial score (nSPS) is 12.2. The number of aromatic nitrogens is 2. The third-order valence-corrected chi connectivity index (χ3v) is 3.82. The molecule has 2 aromatic rings. The van der Waals surface area contributed by atoms with E-state index >= 15 is 0 Å². The smallest absolute Gasteiger partial charge is 0.271 e. The van der Waals surface area contributed by atoms with Gasteiger partial charge >= 0.3 is 0 Å². The number of hydrogen-bond acceptors (Lipinski definition) is 4. The molecule has 2 heterocycles. The minimum Gasteiger partial charge on any atom is -0.396 e. The van der Waals surface area contributed by atoms with Crippen LogP contribution in [-0.4, -0.2) is 21.3 Å². The molecule has 1 N–H and O–H groups in total. The summed E-state index contributed by atoms with van der Waals surface area (Å²) in [4.78, 5) is 16.5. The first kappa shape index (κ1) is 12.3. The fourth-order valence-electron chi connectivity index (χ4n) is 1.68.